The first-order valence-corrected chi connectivity index (χ1v) is 9.79. The van der Waals surface area contributed by atoms with Crippen molar-refractivity contribution in [3.8, 4) is 5.75 Å². The number of thioether (sulfide) groups is 1. The van der Waals surface area contributed by atoms with Crippen molar-refractivity contribution in [1.82, 2.24) is 4.90 Å². The average Bonchev–Trinajstić information content (AvgIpc) is 2.72. The Kier molecular flexibility index (Phi) is 6.70. The maximum Gasteiger partial charge on any atom is 0.446 e. The Morgan fingerprint density at radius 1 is 1.10 bits per heavy atom. The summed E-state index contributed by atoms with van der Waals surface area (Å²) in [6.45, 7) is 1.79. The lowest BCUT2D eigenvalue weighted by Crippen LogP contribution is -2.50. The smallest absolute Gasteiger partial charge is 0.446 e. The van der Waals surface area contributed by atoms with Crippen molar-refractivity contribution in [1.29, 1.82) is 0 Å². The molecular formula is C19H18F3N3O4S. The van der Waals surface area contributed by atoms with Gasteiger partial charge >= 0.3 is 11.2 Å². The molecule has 2 aromatic rings. The Morgan fingerprint density at radius 3 is 2.37 bits per heavy atom. The van der Waals surface area contributed by atoms with Crippen LogP contribution in [0.25, 0.3) is 0 Å². The molecule has 1 heterocycles. The zero-order chi connectivity index (χ0) is 21.7. The van der Waals surface area contributed by atoms with Gasteiger partial charge in [-0.25, -0.2) is 0 Å². The molecule has 0 bridgehead atoms. The first kappa shape index (κ1) is 21.8. The summed E-state index contributed by atoms with van der Waals surface area (Å²) in [5, 5.41) is 11.2. The second-order valence-electron chi connectivity index (χ2n) is 6.43. The van der Waals surface area contributed by atoms with Gasteiger partial charge in [0.15, 0.2) is 12.4 Å². The lowest BCUT2D eigenvalue weighted by molar-refractivity contribution is -0.386. The van der Waals surface area contributed by atoms with Gasteiger partial charge in [-0.05, 0) is 36.0 Å². The van der Waals surface area contributed by atoms with E-state index in [2.05, 4.69) is 4.90 Å². The van der Waals surface area contributed by atoms with E-state index in [0.717, 1.165) is 23.9 Å². The van der Waals surface area contributed by atoms with E-state index in [9.17, 15) is 28.1 Å². The van der Waals surface area contributed by atoms with Crippen LogP contribution in [0.5, 0.6) is 5.75 Å². The van der Waals surface area contributed by atoms with Crippen LogP contribution in [-0.4, -0.2) is 54.0 Å². The van der Waals surface area contributed by atoms with Gasteiger partial charge in [-0.1, -0.05) is 18.2 Å². The van der Waals surface area contributed by atoms with Crippen LogP contribution in [0.1, 0.15) is 0 Å². The normalized spacial score (nSPS) is 14.5. The fourth-order valence-electron chi connectivity index (χ4n) is 3.04. The number of hydrogen-bond donors (Lipinski definition) is 0. The summed E-state index contributed by atoms with van der Waals surface area (Å²) in [4.78, 5) is 26.2. The number of nitro benzene ring substituents is 1. The fraction of sp³-hybridized carbons (Fsp3) is 0.316. The molecule has 0 aliphatic carbocycles. The lowest BCUT2D eigenvalue weighted by atomic mass is 10.2. The molecule has 3 rings (SSSR count). The lowest BCUT2D eigenvalue weighted by Gasteiger charge is -2.36. The van der Waals surface area contributed by atoms with Crippen LogP contribution in [0.15, 0.2) is 53.4 Å². The topological polar surface area (TPSA) is 75.9 Å². The molecule has 0 spiro atoms. The number of halogens is 3. The third-order valence-corrected chi connectivity index (χ3v) is 5.19. The molecule has 2 aromatic carbocycles. The van der Waals surface area contributed by atoms with Crippen LogP contribution < -0.4 is 9.64 Å². The fourth-order valence-corrected chi connectivity index (χ4v) is 3.62. The second-order valence-corrected chi connectivity index (χ2v) is 7.56. The average molecular weight is 441 g/mol. The van der Waals surface area contributed by atoms with Crippen molar-refractivity contribution in [3.05, 3.63) is 58.6 Å². The van der Waals surface area contributed by atoms with Crippen molar-refractivity contribution < 1.29 is 27.6 Å². The molecule has 0 N–H and O–H groups in total. The molecule has 0 radical (unpaired) electrons. The number of anilines is 1. The van der Waals surface area contributed by atoms with Crippen LogP contribution in [0, 0.1) is 10.1 Å². The minimum absolute atomic E-state index is 0.247. The van der Waals surface area contributed by atoms with Gasteiger partial charge in [0.2, 0.25) is 0 Å². The van der Waals surface area contributed by atoms with E-state index in [1.165, 1.54) is 0 Å². The number of piperazine rings is 1. The minimum Gasteiger partial charge on any atom is -0.477 e. The predicted molar refractivity (Wildman–Crippen MR) is 106 cm³/mol. The Morgan fingerprint density at radius 2 is 1.77 bits per heavy atom. The molecule has 30 heavy (non-hydrogen) atoms. The number of benzene rings is 2. The zero-order valence-electron chi connectivity index (χ0n) is 15.7. The molecule has 0 aromatic heterocycles. The summed E-state index contributed by atoms with van der Waals surface area (Å²) in [5.74, 6) is -0.589. The predicted octanol–water partition coefficient (Wildman–Crippen LogP) is 3.93. The molecule has 7 nitrogen and oxygen atoms in total. The van der Waals surface area contributed by atoms with Gasteiger partial charge in [0.25, 0.3) is 5.91 Å². The number of nitro groups is 1. The first-order valence-electron chi connectivity index (χ1n) is 8.98. The van der Waals surface area contributed by atoms with Crippen molar-refractivity contribution >= 4 is 29.0 Å². The number of amides is 1. The van der Waals surface area contributed by atoms with Gasteiger partial charge in [-0.2, -0.15) is 13.2 Å². The van der Waals surface area contributed by atoms with Gasteiger partial charge in [-0.15, -0.1) is 0 Å². The van der Waals surface area contributed by atoms with Crippen LogP contribution in [-0.2, 0) is 4.79 Å². The Hall–Kier alpha value is -2.95. The molecule has 0 saturated carbocycles. The SMILES string of the molecule is O=C(COc1ccc(SC(F)(F)F)cc1[N+](=O)[O-])N1CCN(c2ccccc2)CC1. The Balaban J connectivity index is 1.57. The largest absolute Gasteiger partial charge is 0.477 e. The monoisotopic (exact) mass is 441 g/mol. The number of para-hydroxylation sites is 1. The summed E-state index contributed by atoms with van der Waals surface area (Å²) in [6, 6.07) is 12.7. The van der Waals surface area contributed by atoms with Gasteiger partial charge in [-0.3, -0.25) is 14.9 Å². The Bertz CT molecular complexity index is 904. The zero-order valence-corrected chi connectivity index (χ0v) is 16.5. The van der Waals surface area contributed by atoms with Crippen LogP contribution in [0.4, 0.5) is 24.5 Å². The van der Waals surface area contributed by atoms with E-state index in [4.69, 9.17) is 4.74 Å². The molecule has 1 aliphatic rings. The Labute approximate surface area is 174 Å². The summed E-state index contributed by atoms with van der Waals surface area (Å²) in [6.07, 6.45) is 0. The van der Waals surface area contributed by atoms with Gasteiger partial charge < -0.3 is 14.5 Å². The first-order chi connectivity index (χ1) is 14.2. The van der Waals surface area contributed by atoms with Gasteiger partial charge in [0.1, 0.15) is 0 Å². The molecule has 0 atom stereocenters. The maximum atomic E-state index is 12.5. The molecule has 1 amide bonds. The number of nitrogens with zero attached hydrogens (tertiary/aromatic N) is 3. The second kappa shape index (κ2) is 9.24. The molecule has 1 fully saturated rings. The highest BCUT2D eigenvalue weighted by Gasteiger charge is 2.31. The quantitative estimate of drug-likeness (QED) is 0.384. The highest BCUT2D eigenvalue weighted by atomic mass is 32.2. The van der Waals surface area contributed by atoms with Crippen molar-refractivity contribution in [2.45, 2.75) is 10.4 Å². The summed E-state index contributed by atoms with van der Waals surface area (Å²) in [5.41, 5.74) is -4.12. The third-order valence-electron chi connectivity index (χ3n) is 4.47. The van der Waals surface area contributed by atoms with Gasteiger partial charge in [0.05, 0.1) is 4.92 Å². The summed E-state index contributed by atoms with van der Waals surface area (Å²) < 4.78 is 42.7. The van der Waals surface area contributed by atoms with Crippen LogP contribution in [0.3, 0.4) is 0 Å². The number of rotatable bonds is 6. The molecular weight excluding hydrogens is 423 g/mol. The molecule has 1 saturated heterocycles. The van der Waals surface area contributed by atoms with E-state index in [1.807, 2.05) is 30.3 Å². The highest BCUT2D eigenvalue weighted by Crippen LogP contribution is 2.40. The van der Waals surface area contributed by atoms with Crippen LogP contribution >= 0.6 is 11.8 Å². The van der Waals surface area contributed by atoms with Gasteiger partial charge in [0, 0.05) is 42.8 Å². The van der Waals surface area contributed by atoms with Crippen molar-refractivity contribution in [2.24, 2.45) is 0 Å². The van der Waals surface area contributed by atoms with E-state index < -0.39 is 34.5 Å². The van der Waals surface area contributed by atoms with Crippen molar-refractivity contribution in [2.75, 3.05) is 37.7 Å². The molecule has 1 aliphatic heterocycles. The standard InChI is InChI=1S/C19H18F3N3O4S/c20-19(21,22)30-15-6-7-17(16(12-15)25(27)28)29-13-18(26)24-10-8-23(9-11-24)14-4-2-1-3-5-14/h1-7,12H,8-11,13H2. The number of ether oxygens (including phenoxy) is 1. The molecule has 11 heteroatoms. The number of hydrogen-bond acceptors (Lipinski definition) is 6. The van der Waals surface area contributed by atoms with Crippen molar-refractivity contribution in [3.63, 3.8) is 0 Å². The van der Waals surface area contributed by atoms with E-state index in [0.29, 0.717) is 26.2 Å². The molecule has 160 valence electrons. The highest BCUT2D eigenvalue weighted by molar-refractivity contribution is 8.00. The number of carbonyl (C=O) groups excluding carboxylic acids is 1. The van der Waals surface area contributed by atoms with Crippen LogP contribution in [0.2, 0.25) is 0 Å². The maximum absolute atomic E-state index is 12.5. The van der Waals surface area contributed by atoms with E-state index >= 15 is 0 Å². The third kappa shape index (κ3) is 5.78. The van der Waals surface area contributed by atoms with E-state index in [-0.39, 0.29) is 16.6 Å². The minimum atomic E-state index is -4.56. The number of carbonyl (C=O) groups is 1. The summed E-state index contributed by atoms with van der Waals surface area (Å²) >= 11 is -0.453. The number of alkyl halides is 3. The summed E-state index contributed by atoms with van der Waals surface area (Å²) in [7, 11) is 0. The molecule has 0 unspecified atom stereocenters. The van der Waals surface area contributed by atoms with E-state index in [1.54, 1.807) is 4.90 Å².